The van der Waals surface area contributed by atoms with Crippen molar-refractivity contribution in [2.75, 3.05) is 29.9 Å². The molecule has 0 saturated carbocycles. The molecular weight excluding hydrogens is 340 g/mol. The van der Waals surface area contributed by atoms with Gasteiger partial charge in [-0.05, 0) is 19.1 Å². The molecule has 8 nitrogen and oxygen atoms in total. The number of carbonyl (C=O) groups is 2. The van der Waals surface area contributed by atoms with E-state index in [1.54, 1.807) is 32.2 Å². The van der Waals surface area contributed by atoms with E-state index in [2.05, 4.69) is 10.0 Å². The number of hydrogen-bond acceptors (Lipinski definition) is 9. The van der Waals surface area contributed by atoms with Crippen molar-refractivity contribution in [2.24, 2.45) is 5.84 Å². The van der Waals surface area contributed by atoms with E-state index in [4.69, 9.17) is 14.8 Å². The third-order valence-corrected chi connectivity index (χ3v) is 3.26. The van der Waals surface area contributed by atoms with Gasteiger partial charge < -0.3 is 19.0 Å². The lowest BCUT2D eigenvalue weighted by Crippen LogP contribution is -2.20. The zero-order chi connectivity index (χ0) is 17.2. The standard InChI is InChI=1S/C13H20N4O4S2/c1-4-20-13(19)8-12(18)15-10-6-5-9(16-22-3)7-11(10)21-23-17(2)14/h5-7,16H,4,8,14H2,1-3H3,(H,15,18). The van der Waals surface area contributed by atoms with Crippen LogP contribution in [0.25, 0.3) is 0 Å². The van der Waals surface area contributed by atoms with Gasteiger partial charge in [0, 0.05) is 25.1 Å². The highest BCUT2D eigenvalue weighted by atomic mass is 32.2. The van der Waals surface area contributed by atoms with Crippen molar-refractivity contribution in [3.63, 3.8) is 0 Å². The molecule has 0 atom stereocenters. The Morgan fingerprint density at radius 3 is 2.74 bits per heavy atom. The second-order valence-corrected chi connectivity index (χ2v) is 5.76. The average molecular weight is 360 g/mol. The summed E-state index contributed by atoms with van der Waals surface area (Å²) in [5, 5.41) is 2.62. The van der Waals surface area contributed by atoms with Gasteiger partial charge in [-0.1, -0.05) is 11.9 Å². The summed E-state index contributed by atoms with van der Waals surface area (Å²) in [6.45, 7) is 1.91. The quantitative estimate of drug-likeness (QED) is 0.152. The normalized spacial score (nSPS) is 10.3. The van der Waals surface area contributed by atoms with Crippen molar-refractivity contribution in [1.29, 1.82) is 0 Å². The molecule has 10 heteroatoms. The summed E-state index contributed by atoms with van der Waals surface area (Å²) in [6.07, 6.45) is 1.53. The maximum absolute atomic E-state index is 11.9. The zero-order valence-corrected chi connectivity index (χ0v) is 14.8. The number of amides is 1. The molecule has 0 aromatic heterocycles. The number of benzene rings is 1. The Morgan fingerprint density at radius 2 is 2.13 bits per heavy atom. The molecule has 0 radical (unpaired) electrons. The van der Waals surface area contributed by atoms with Crippen molar-refractivity contribution < 1.29 is 18.5 Å². The smallest absolute Gasteiger partial charge is 0.315 e. The number of hydrogen-bond donors (Lipinski definition) is 3. The summed E-state index contributed by atoms with van der Waals surface area (Å²) >= 11 is 2.33. The lowest BCUT2D eigenvalue weighted by molar-refractivity contribution is -0.145. The minimum absolute atomic E-state index is 0.231. The molecule has 1 aromatic rings. The van der Waals surface area contributed by atoms with Crippen LogP contribution in [0, 0.1) is 0 Å². The minimum atomic E-state index is -0.579. The van der Waals surface area contributed by atoms with Gasteiger partial charge in [0.2, 0.25) is 5.91 Å². The first kappa shape index (κ1) is 19.4. The third-order valence-electron chi connectivity index (χ3n) is 2.33. The number of anilines is 2. The van der Waals surface area contributed by atoms with Crippen LogP contribution in [0.4, 0.5) is 11.4 Å². The topological polar surface area (TPSA) is 106 Å². The molecule has 0 aliphatic carbocycles. The van der Waals surface area contributed by atoms with Crippen molar-refractivity contribution in [2.45, 2.75) is 13.3 Å². The predicted octanol–water partition coefficient (Wildman–Crippen LogP) is 2.02. The lowest BCUT2D eigenvalue weighted by atomic mass is 10.2. The van der Waals surface area contributed by atoms with E-state index in [0.29, 0.717) is 11.4 Å². The second-order valence-electron chi connectivity index (χ2n) is 4.25. The van der Waals surface area contributed by atoms with Crippen LogP contribution >= 0.6 is 24.2 Å². The van der Waals surface area contributed by atoms with Gasteiger partial charge in [-0.3, -0.25) is 15.4 Å². The highest BCUT2D eigenvalue weighted by Crippen LogP contribution is 2.31. The molecule has 0 fully saturated rings. The number of nitrogens with two attached hydrogens (primary N) is 1. The van der Waals surface area contributed by atoms with E-state index in [9.17, 15) is 9.59 Å². The van der Waals surface area contributed by atoms with Crippen LogP contribution in [0.1, 0.15) is 13.3 Å². The van der Waals surface area contributed by atoms with Gasteiger partial charge in [0.05, 0.1) is 12.3 Å². The van der Waals surface area contributed by atoms with E-state index in [-0.39, 0.29) is 13.0 Å². The molecule has 0 saturated heterocycles. The molecule has 23 heavy (non-hydrogen) atoms. The summed E-state index contributed by atoms with van der Waals surface area (Å²) in [5.41, 5.74) is 1.23. The molecule has 4 N–H and O–H groups in total. The number of ether oxygens (including phenoxy) is 1. The van der Waals surface area contributed by atoms with Gasteiger partial charge in [-0.15, -0.1) is 0 Å². The zero-order valence-electron chi connectivity index (χ0n) is 13.1. The molecular formula is C13H20N4O4S2. The van der Waals surface area contributed by atoms with Crippen LogP contribution in [0.3, 0.4) is 0 Å². The summed E-state index contributed by atoms with van der Waals surface area (Å²) in [7, 11) is 1.62. The Kier molecular flexibility index (Phi) is 8.62. The van der Waals surface area contributed by atoms with E-state index >= 15 is 0 Å². The third kappa shape index (κ3) is 7.46. The van der Waals surface area contributed by atoms with Crippen LogP contribution in [0.2, 0.25) is 0 Å². The van der Waals surface area contributed by atoms with Gasteiger partial charge >= 0.3 is 5.97 Å². The monoisotopic (exact) mass is 360 g/mol. The van der Waals surface area contributed by atoms with Crippen molar-refractivity contribution in [3.8, 4) is 5.75 Å². The van der Waals surface area contributed by atoms with Gasteiger partial charge in [0.1, 0.15) is 6.42 Å². The maximum Gasteiger partial charge on any atom is 0.315 e. The molecule has 0 spiro atoms. The van der Waals surface area contributed by atoms with Crippen LogP contribution < -0.4 is 20.1 Å². The Labute approximate surface area is 143 Å². The fourth-order valence-corrected chi connectivity index (χ4v) is 2.21. The molecule has 0 heterocycles. The fourth-order valence-electron chi connectivity index (χ4n) is 1.51. The second kappa shape index (κ2) is 10.2. The first-order valence-corrected chi connectivity index (χ1v) is 8.60. The molecule has 0 aliphatic heterocycles. The summed E-state index contributed by atoms with van der Waals surface area (Å²) in [5.74, 6) is 4.84. The Bertz CT molecular complexity index is 543. The number of rotatable bonds is 9. The Morgan fingerprint density at radius 1 is 1.39 bits per heavy atom. The van der Waals surface area contributed by atoms with Crippen molar-refractivity contribution >= 4 is 47.4 Å². The molecule has 1 rings (SSSR count). The molecule has 0 bridgehead atoms. The molecule has 0 aliphatic rings. The Balaban J connectivity index is 2.81. The van der Waals surface area contributed by atoms with E-state index < -0.39 is 11.9 Å². The molecule has 1 amide bonds. The van der Waals surface area contributed by atoms with Crippen LogP contribution in [0.15, 0.2) is 18.2 Å². The van der Waals surface area contributed by atoms with Crippen LogP contribution in [-0.2, 0) is 14.3 Å². The van der Waals surface area contributed by atoms with Crippen LogP contribution in [-0.4, -0.2) is 36.2 Å². The first-order valence-electron chi connectivity index (χ1n) is 6.67. The van der Waals surface area contributed by atoms with Gasteiger partial charge in [0.25, 0.3) is 0 Å². The summed E-state index contributed by atoms with van der Waals surface area (Å²) in [6, 6.07) is 5.17. The summed E-state index contributed by atoms with van der Waals surface area (Å²) in [4.78, 5) is 23.2. The number of carbonyl (C=O) groups excluding carboxylic acids is 2. The first-order chi connectivity index (χ1) is 11.0. The largest absolute Gasteiger partial charge is 0.466 e. The van der Waals surface area contributed by atoms with Gasteiger partial charge in [0.15, 0.2) is 18.0 Å². The van der Waals surface area contributed by atoms with E-state index in [1.807, 2.05) is 6.26 Å². The van der Waals surface area contributed by atoms with Gasteiger partial charge in [-0.2, -0.15) is 4.41 Å². The van der Waals surface area contributed by atoms with Gasteiger partial charge in [-0.25, -0.2) is 0 Å². The number of nitrogens with one attached hydrogen (secondary N) is 2. The van der Waals surface area contributed by atoms with E-state index in [1.165, 1.54) is 16.4 Å². The predicted molar refractivity (Wildman–Crippen MR) is 93.6 cm³/mol. The van der Waals surface area contributed by atoms with Crippen molar-refractivity contribution in [3.05, 3.63) is 18.2 Å². The fraction of sp³-hybridized carbons (Fsp3) is 0.385. The summed E-state index contributed by atoms with van der Waals surface area (Å²) < 4.78 is 14.6. The highest BCUT2D eigenvalue weighted by molar-refractivity contribution is 7.99. The maximum atomic E-state index is 11.9. The number of esters is 1. The molecule has 1 aromatic carbocycles. The highest BCUT2D eigenvalue weighted by Gasteiger charge is 2.14. The number of hydrazine groups is 1. The minimum Gasteiger partial charge on any atom is -0.466 e. The number of nitrogens with zero attached hydrogens (tertiary/aromatic N) is 1. The molecule has 128 valence electrons. The average Bonchev–Trinajstić information content (AvgIpc) is 2.47. The van der Waals surface area contributed by atoms with E-state index in [0.717, 1.165) is 17.9 Å². The SMILES string of the molecule is CCOC(=O)CC(=O)Nc1ccc(NSC)cc1OSN(C)N. The molecule has 0 unspecified atom stereocenters. The van der Waals surface area contributed by atoms with Crippen LogP contribution in [0.5, 0.6) is 5.75 Å². The Hall–Kier alpha value is -1.62. The lowest BCUT2D eigenvalue weighted by Gasteiger charge is -2.14. The van der Waals surface area contributed by atoms with Crippen molar-refractivity contribution in [1.82, 2.24) is 4.41 Å².